The molecule has 0 spiro atoms. The highest BCUT2D eigenvalue weighted by atomic mass is 32.2. The second kappa shape index (κ2) is 9.21. The summed E-state index contributed by atoms with van der Waals surface area (Å²) in [5.74, 6) is -0.667. The first kappa shape index (κ1) is 21.0. The molecule has 1 heterocycles. The van der Waals surface area contributed by atoms with Crippen LogP contribution in [0.2, 0.25) is 0 Å². The van der Waals surface area contributed by atoms with E-state index < -0.39 is 15.9 Å². The molecule has 0 saturated carbocycles. The fourth-order valence-corrected chi connectivity index (χ4v) is 4.56. The zero-order valence-electron chi connectivity index (χ0n) is 15.9. The number of aromatic hydroxyl groups is 1. The fraction of sp³-hybridized carbons (Fsp3) is 0.190. The number of carbonyl (C=O) groups excluding carboxylic acids is 1. The Labute approximate surface area is 174 Å². The molecule has 152 valence electrons. The Morgan fingerprint density at radius 1 is 1.10 bits per heavy atom. The van der Waals surface area contributed by atoms with Crippen LogP contribution in [-0.4, -0.2) is 30.9 Å². The summed E-state index contributed by atoms with van der Waals surface area (Å²) >= 11 is 1.53. The van der Waals surface area contributed by atoms with Gasteiger partial charge in [-0.1, -0.05) is 36.4 Å². The Morgan fingerprint density at radius 2 is 1.86 bits per heavy atom. The number of sulfonamides is 1. The Bertz CT molecular complexity index is 1070. The molecule has 3 rings (SSSR count). The largest absolute Gasteiger partial charge is 0.507 e. The monoisotopic (exact) mass is 430 g/mol. The summed E-state index contributed by atoms with van der Waals surface area (Å²) in [4.78, 5) is 15.4. The van der Waals surface area contributed by atoms with Gasteiger partial charge in [0.1, 0.15) is 5.75 Å². The van der Waals surface area contributed by atoms with Crippen LogP contribution in [0.25, 0.3) is 0 Å². The van der Waals surface area contributed by atoms with E-state index in [1.54, 1.807) is 4.90 Å². The van der Waals surface area contributed by atoms with Crippen molar-refractivity contribution in [1.29, 1.82) is 0 Å². The maximum absolute atomic E-state index is 12.9. The summed E-state index contributed by atoms with van der Waals surface area (Å²) in [5, 5.41) is 12.1. The fourth-order valence-electron chi connectivity index (χ4n) is 2.80. The molecule has 0 fully saturated rings. The van der Waals surface area contributed by atoms with Gasteiger partial charge in [0, 0.05) is 18.0 Å². The molecule has 0 atom stereocenters. The highest BCUT2D eigenvalue weighted by molar-refractivity contribution is 7.89. The number of nitrogens with one attached hydrogen (secondary N) is 1. The average Bonchev–Trinajstić information content (AvgIpc) is 3.24. The molecule has 1 amide bonds. The van der Waals surface area contributed by atoms with Gasteiger partial charge in [0.25, 0.3) is 5.91 Å². The predicted molar refractivity (Wildman–Crippen MR) is 113 cm³/mol. The Hall–Kier alpha value is -2.68. The molecule has 0 radical (unpaired) electrons. The second-order valence-electron chi connectivity index (χ2n) is 6.39. The molecule has 0 bridgehead atoms. The Kier molecular flexibility index (Phi) is 6.68. The maximum atomic E-state index is 12.9. The van der Waals surface area contributed by atoms with Gasteiger partial charge in [-0.3, -0.25) is 4.79 Å². The third-order valence-corrected chi connectivity index (χ3v) is 6.67. The molecule has 0 saturated heterocycles. The predicted octanol–water partition coefficient (Wildman–Crippen LogP) is 3.59. The van der Waals surface area contributed by atoms with Gasteiger partial charge in [0.2, 0.25) is 10.0 Å². The van der Waals surface area contributed by atoms with E-state index in [4.69, 9.17) is 0 Å². The third-order valence-electron chi connectivity index (χ3n) is 4.41. The molecule has 1 aromatic heterocycles. The maximum Gasteiger partial charge on any atom is 0.257 e. The minimum absolute atomic E-state index is 0.0361. The summed E-state index contributed by atoms with van der Waals surface area (Å²) in [5.41, 5.74) is 0.783. The molecule has 0 aliphatic carbocycles. The van der Waals surface area contributed by atoms with Crippen LogP contribution in [0.4, 0.5) is 0 Å². The Morgan fingerprint density at radius 3 is 2.52 bits per heavy atom. The zero-order valence-corrected chi connectivity index (χ0v) is 17.5. The van der Waals surface area contributed by atoms with Gasteiger partial charge in [0.15, 0.2) is 0 Å². The average molecular weight is 431 g/mol. The zero-order chi connectivity index (χ0) is 20.9. The molecule has 0 unspecified atom stereocenters. The van der Waals surface area contributed by atoms with E-state index >= 15 is 0 Å². The summed E-state index contributed by atoms with van der Waals surface area (Å²) in [6.45, 7) is 2.80. The lowest BCUT2D eigenvalue weighted by atomic mass is 10.1. The van der Waals surface area contributed by atoms with E-state index in [-0.39, 0.29) is 22.8 Å². The van der Waals surface area contributed by atoms with E-state index in [1.165, 1.54) is 29.5 Å². The van der Waals surface area contributed by atoms with Crippen molar-refractivity contribution in [1.82, 2.24) is 9.62 Å². The standard InChI is InChI=1S/C21H22N2O4S2/c1-2-23(15-17-9-6-12-28-17)21(25)19-13-18(10-11-20(19)24)29(26,27)22-14-16-7-4-3-5-8-16/h3-13,22,24H,2,14-15H2,1H3. The lowest BCUT2D eigenvalue weighted by molar-refractivity contribution is 0.0751. The van der Waals surface area contributed by atoms with Crippen LogP contribution in [0.1, 0.15) is 27.7 Å². The Balaban J connectivity index is 1.81. The van der Waals surface area contributed by atoms with Gasteiger partial charge in [-0.05, 0) is 42.1 Å². The van der Waals surface area contributed by atoms with Crippen LogP contribution in [0, 0.1) is 0 Å². The molecule has 2 N–H and O–H groups in total. The van der Waals surface area contributed by atoms with E-state index in [1.807, 2.05) is 54.8 Å². The van der Waals surface area contributed by atoms with Gasteiger partial charge in [-0.15, -0.1) is 11.3 Å². The SMILES string of the molecule is CCN(Cc1cccs1)C(=O)c1cc(S(=O)(=O)NCc2ccccc2)ccc1O. The lowest BCUT2D eigenvalue weighted by Crippen LogP contribution is -2.30. The highest BCUT2D eigenvalue weighted by Gasteiger charge is 2.22. The van der Waals surface area contributed by atoms with E-state index in [0.717, 1.165) is 10.4 Å². The van der Waals surface area contributed by atoms with Gasteiger partial charge >= 0.3 is 0 Å². The van der Waals surface area contributed by atoms with Crippen LogP contribution in [0.15, 0.2) is 70.9 Å². The van der Waals surface area contributed by atoms with Crippen molar-refractivity contribution >= 4 is 27.3 Å². The normalized spacial score (nSPS) is 11.3. The van der Waals surface area contributed by atoms with Crippen molar-refractivity contribution < 1.29 is 18.3 Å². The first-order chi connectivity index (χ1) is 13.9. The molecular weight excluding hydrogens is 408 g/mol. The minimum atomic E-state index is -3.84. The number of phenolic OH excluding ortho intramolecular Hbond substituents is 1. The molecule has 0 aliphatic rings. The quantitative estimate of drug-likeness (QED) is 0.572. The van der Waals surface area contributed by atoms with Gasteiger partial charge in [-0.2, -0.15) is 0 Å². The summed E-state index contributed by atoms with van der Waals surface area (Å²) < 4.78 is 27.9. The lowest BCUT2D eigenvalue weighted by Gasteiger charge is -2.21. The number of nitrogens with zero attached hydrogens (tertiary/aromatic N) is 1. The number of amides is 1. The van der Waals surface area contributed by atoms with Crippen molar-refractivity contribution in [2.24, 2.45) is 0 Å². The van der Waals surface area contributed by atoms with Gasteiger partial charge in [0.05, 0.1) is 17.0 Å². The summed E-state index contributed by atoms with van der Waals surface area (Å²) in [6, 6.07) is 16.7. The van der Waals surface area contributed by atoms with Crippen LogP contribution in [-0.2, 0) is 23.1 Å². The number of benzene rings is 2. The van der Waals surface area contributed by atoms with E-state index in [2.05, 4.69) is 4.72 Å². The first-order valence-corrected chi connectivity index (χ1v) is 11.4. The minimum Gasteiger partial charge on any atom is -0.507 e. The summed E-state index contributed by atoms with van der Waals surface area (Å²) in [6.07, 6.45) is 0. The van der Waals surface area contributed by atoms with Crippen LogP contribution < -0.4 is 4.72 Å². The molecule has 8 heteroatoms. The number of hydrogen-bond donors (Lipinski definition) is 2. The van der Waals surface area contributed by atoms with Crippen molar-refractivity contribution in [3.63, 3.8) is 0 Å². The highest BCUT2D eigenvalue weighted by Crippen LogP contribution is 2.24. The first-order valence-electron chi connectivity index (χ1n) is 9.09. The van der Waals surface area contributed by atoms with E-state index in [0.29, 0.717) is 13.1 Å². The molecule has 6 nitrogen and oxygen atoms in total. The van der Waals surface area contributed by atoms with Gasteiger partial charge in [-0.25, -0.2) is 13.1 Å². The van der Waals surface area contributed by atoms with Crippen molar-refractivity contribution in [3.8, 4) is 5.75 Å². The smallest absolute Gasteiger partial charge is 0.257 e. The number of hydrogen-bond acceptors (Lipinski definition) is 5. The summed E-state index contributed by atoms with van der Waals surface area (Å²) in [7, 11) is -3.84. The van der Waals surface area contributed by atoms with Crippen molar-refractivity contribution in [2.75, 3.05) is 6.54 Å². The molecule has 2 aromatic carbocycles. The number of rotatable bonds is 8. The number of thiophene rings is 1. The van der Waals surface area contributed by atoms with Crippen LogP contribution >= 0.6 is 11.3 Å². The number of carbonyl (C=O) groups is 1. The molecule has 29 heavy (non-hydrogen) atoms. The number of phenols is 1. The van der Waals surface area contributed by atoms with Crippen LogP contribution in [0.5, 0.6) is 5.75 Å². The van der Waals surface area contributed by atoms with Crippen LogP contribution in [0.3, 0.4) is 0 Å². The third kappa shape index (κ3) is 5.23. The van der Waals surface area contributed by atoms with E-state index in [9.17, 15) is 18.3 Å². The molecule has 0 aliphatic heterocycles. The van der Waals surface area contributed by atoms with Gasteiger partial charge < -0.3 is 10.0 Å². The topological polar surface area (TPSA) is 86.7 Å². The van der Waals surface area contributed by atoms with Crippen molar-refractivity contribution in [3.05, 3.63) is 82.0 Å². The van der Waals surface area contributed by atoms with Crippen molar-refractivity contribution in [2.45, 2.75) is 24.9 Å². The second-order valence-corrected chi connectivity index (χ2v) is 9.19. The molecule has 3 aromatic rings. The molecular formula is C21H22N2O4S2.